The Morgan fingerprint density at radius 3 is 2.63 bits per heavy atom. The summed E-state index contributed by atoms with van der Waals surface area (Å²) in [6.07, 6.45) is 2.26. The number of halogens is 2. The lowest BCUT2D eigenvalue weighted by atomic mass is 9.74. The standard InChI is InChI=1S/C24H24F2N3O5P/c1-14-11-16(34-2)8-7-15(14)9-10-23(22(30)24(25,26)35(31,32)33)12-18-17-5-3-4-6-19(17)29-21(27)20(18)28-13-23/h3-8,11-13,29H,9-10,27H2,1-2H3,(H2,31,32,33). The number of carbonyl (C=O) groups is 1. The van der Waals surface area contributed by atoms with E-state index in [9.17, 15) is 27.9 Å². The van der Waals surface area contributed by atoms with Crippen LogP contribution in [0.25, 0.3) is 5.57 Å². The summed E-state index contributed by atoms with van der Waals surface area (Å²) in [5.41, 5.74) is 2.40. The van der Waals surface area contributed by atoms with Crippen LogP contribution in [-0.4, -0.2) is 34.6 Å². The van der Waals surface area contributed by atoms with Crippen molar-refractivity contribution >= 4 is 30.9 Å². The van der Waals surface area contributed by atoms with Crippen molar-refractivity contribution in [2.75, 3.05) is 12.4 Å². The van der Waals surface area contributed by atoms with Crippen molar-refractivity contribution in [2.24, 2.45) is 16.1 Å². The number of nitrogens with one attached hydrogen (secondary N) is 1. The summed E-state index contributed by atoms with van der Waals surface area (Å²) in [6.45, 7) is 1.81. The first-order valence-corrected chi connectivity index (χ1v) is 12.3. The third-order valence-corrected chi connectivity index (χ3v) is 7.18. The quantitative estimate of drug-likeness (QED) is 0.420. The van der Waals surface area contributed by atoms with Crippen molar-refractivity contribution in [1.82, 2.24) is 0 Å². The number of rotatable bonds is 7. The van der Waals surface area contributed by atoms with E-state index in [1.165, 1.54) is 13.2 Å². The number of aliphatic imine (C=N–C) groups is 1. The maximum atomic E-state index is 14.8. The molecule has 0 saturated carbocycles. The minimum absolute atomic E-state index is 0.156. The second-order valence-electron chi connectivity index (χ2n) is 8.50. The highest BCUT2D eigenvalue weighted by molar-refractivity contribution is 7.54. The Kier molecular flexibility index (Phi) is 6.17. The number of benzene rings is 2. The number of Topliss-reactive ketones (excluding diaryl/α,β-unsaturated/α-hetero) is 1. The van der Waals surface area contributed by atoms with E-state index >= 15 is 0 Å². The van der Waals surface area contributed by atoms with Gasteiger partial charge in [-0.25, -0.2) is 0 Å². The van der Waals surface area contributed by atoms with Crippen LogP contribution in [0.3, 0.4) is 0 Å². The largest absolute Gasteiger partial charge is 0.497 e. The number of hydrogen-bond acceptors (Lipinski definition) is 6. The third-order valence-electron chi connectivity index (χ3n) is 6.24. The Morgan fingerprint density at radius 1 is 1.26 bits per heavy atom. The molecule has 2 aromatic rings. The Hall–Kier alpha value is -3.33. The molecule has 2 heterocycles. The van der Waals surface area contributed by atoms with E-state index in [-0.39, 0.29) is 24.4 Å². The number of nitrogens with two attached hydrogens (primary N) is 1. The molecule has 0 aromatic heterocycles. The molecule has 2 aliphatic heterocycles. The zero-order chi connectivity index (χ0) is 25.6. The van der Waals surface area contributed by atoms with Gasteiger partial charge >= 0.3 is 13.3 Å². The first-order valence-electron chi connectivity index (χ1n) is 10.7. The number of hydrogen-bond donors (Lipinski definition) is 4. The number of nitrogens with zero attached hydrogens (tertiary/aromatic N) is 1. The normalized spacial score (nSPS) is 19.4. The number of alkyl halides is 2. The van der Waals surface area contributed by atoms with E-state index in [4.69, 9.17) is 10.5 Å². The van der Waals surface area contributed by atoms with E-state index in [0.29, 0.717) is 22.6 Å². The summed E-state index contributed by atoms with van der Waals surface area (Å²) >= 11 is 0. The molecule has 0 amide bonds. The van der Waals surface area contributed by atoms with Crippen LogP contribution < -0.4 is 15.8 Å². The molecule has 0 fully saturated rings. The van der Waals surface area contributed by atoms with Gasteiger partial charge in [-0.05, 0) is 49.1 Å². The maximum absolute atomic E-state index is 14.8. The lowest BCUT2D eigenvalue weighted by Gasteiger charge is -2.35. The van der Waals surface area contributed by atoms with Gasteiger partial charge in [-0.2, -0.15) is 8.78 Å². The third kappa shape index (κ3) is 4.29. The van der Waals surface area contributed by atoms with Gasteiger partial charge in [0.1, 0.15) is 17.3 Å². The van der Waals surface area contributed by atoms with Gasteiger partial charge in [-0.3, -0.25) is 14.4 Å². The predicted molar refractivity (Wildman–Crippen MR) is 128 cm³/mol. The number of dihydropyridines is 1. The lowest BCUT2D eigenvalue weighted by molar-refractivity contribution is -0.140. The average Bonchev–Trinajstić information content (AvgIpc) is 2.82. The molecule has 8 nitrogen and oxygen atoms in total. The number of para-hydroxylation sites is 1. The summed E-state index contributed by atoms with van der Waals surface area (Å²) < 4.78 is 46.4. The van der Waals surface area contributed by atoms with Gasteiger partial charge in [0.25, 0.3) is 0 Å². The first-order chi connectivity index (χ1) is 16.4. The molecular formula is C24H24F2N3O5P. The minimum atomic E-state index is -6.10. The lowest BCUT2D eigenvalue weighted by Crippen LogP contribution is -2.45. The van der Waals surface area contributed by atoms with Crippen molar-refractivity contribution in [1.29, 1.82) is 0 Å². The molecule has 0 aliphatic carbocycles. The first kappa shape index (κ1) is 24.8. The second-order valence-corrected chi connectivity index (χ2v) is 10.1. The highest BCUT2D eigenvalue weighted by Gasteiger charge is 2.61. The molecule has 0 radical (unpaired) electrons. The SMILES string of the molecule is COc1ccc(CCC2(C(=O)C(F)(F)P(=O)(O)O)C=NC3=C(N)Nc4ccccc4C3=C2)c(C)c1. The topological polar surface area (TPSA) is 134 Å². The summed E-state index contributed by atoms with van der Waals surface area (Å²) in [7, 11) is -4.59. The van der Waals surface area contributed by atoms with Gasteiger partial charge in [0.15, 0.2) is 0 Å². The summed E-state index contributed by atoms with van der Waals surface area (Å²) in [5.74, 6) is -1.14. The van der Waals surface area contributed by atoms with Crippen LogP contribution in [0, 0.1) is 12.3 Å². The van der Waals surface area contributed by atoms with Crippen molar-refractivity contribution < 1.29 is 32.7 Å². The van der Waals surface area contributed by atoms with Gasteiger partial charge in [-0.15, -0.1) is 0 Å². The van der Waals surface area contributed by atoms with Crippen molar-refractivity contribution in [2.45, 2.75) is 25.4 Å². The highest BCUT2D eigenvalue weighted by Crippen LogP contribution is 2.57. The summed E-state index contributed by atoms with van der Waals surface area (Å²) in [4.78, 5) is 36.0. The summed E-state index contributed by atoms with van der Waals surface area (Å²) in [6, 6.07) is 12.2. The van der Waals surface area contributed by atoms with Crippen LogP contribution in [0.2, 0.25) is 0 Å². The van der Waals surface area contributed by atoms with E-state index < -0.39 is 24.5 Å². The molecule has 5 N–H and O–H groups in total. The van der Waals surface area contributed by atoms with Gasteiger partial charge < -0.3 is 25.6 Å². The smallest absolute Gasteiger partial charge is 0.403 e. The van der Waals surface area contributed by atoms with Crippen LogP contribution in [0.15, 0.2) is 65.1 Å². The van der Waals surface area contributed by atoms with Crippen molar-refractivity contribution in [3.63, 3.8) is 0 Å². The highest BCUT2D eigenvalue weighted by atomic mass is 31.2. The summed E-state index contributed by atoms with van der Waals surface area (Å²) in [5, 5.41) is 2.98. The average molecular weight is 503 g/mol. The predicted octanol–water partition coefficient (Wildman–Crippen LogP) is 3.98. The fraction of sp³-hybridized carbons (Fsp3) is 0.250. The number of allylic oxidation sites excluding steroid dienone is 2. The molecule has 0 bridgehead atoms. The van der Waals surface area contributed by atoms with Crippen molar-refractivity contribution in [3.8, 4) is 5.75 Å². The Morgan fingerprint density at radius 2 is 1.97 bits per heavy atom. The molecule has 2 aromatic carbocycles. The number of ether oxygens (including phenoxy) is 1. The van der Waals surface area contributed by atoms with Crippen molar-refractivity contribution in [3.05, 3.63) is 76.7 Å². The van der Waals surface area contributed by atoms with Crippen LogP contribution >= 0.6 is 7.60 Å². The number of carbonyl (C=O) groups excluding carboxylic acids is 1. The molecule has 0 saturated heterocycles. The van der Waals surface area contributed by atoms with Crippen LogP contribution in [-0.2, 0) is 15.8 Å². The van der Waals surface area contributed by atoms with Gasteiger partial charge in [0.2, 0.25) is 5.78 Å². The number of anilines is 1. The molecular weight excluding hydrogens is 479 g/mol. The molecule has 184 valence electrons. The number of aryl methyl sites for hydroxylation is 2. The van der Waals surface area contributed by atoms with Crippen LogP contribution in [0.4, 0.5) is 14.5 Å². The number of methoxy groups -OCH3 is 1. The zero-order valence-corrected chi connectivity index (χ0v) is 19.9. The Balaban J connectivity index is 1.84. The molecule has 1 atom stereocenters. The van der Waals surface area contributed by atoms with Crippen LogP contribution in [0.5, 0.6) is 5.75 Å². The fourth-order valence-corrected chi connectivity index (χ4v) is 4.74. The van der Waals surface area contributed by atoms with Gasteiger partial charge in [0, 0.05) is 23.0 Å². The minimum Gasteiger partial charge on any atom is -0.497 e. The molecule has 2 aliphatic rings. The Bertz CT molecular complexity index is 1350. The molecule has 35 heavy (non-hydrogen) atoms. The van der Waals surface area contributed by atoms with Gasteiger partial charge in [-0.1, -0.05) is 30.3 Å². The number of ketones is 1. The molecule has 4 rings (SSSR count). The maximum Gasteiger partial charge on any atom is 0.403 e. The monoisotopic (exact) mass is 503 g/mol. The van der Waals surface area contributed by atoms with Crippen LogP contribution in [0.1, 0.15) is 23.1 Å². The number of fused-ring (bicyclic) bond motifs is 3. The second kappa shape index (κ2) is 8.71. The Labute approximate surface area is 200 Å². The molecule has 11 heteroatoms. The van der Waals surface area contributed by atoms with E-state index in [0.717, 1.165) is 17.3 Å². The zero-order valence-electron chi connectivity index (χ0n) is 19.0. The fourth-order valence-electron chi connectivity index (χ4n) is 4.27. The van der Waals surface area contributed by atoms with E-state index in [1.807, 2.05) is 6.92 Å². The van der Waals surface area contributed by atoms with Gasteiger partial charge in [0.05, 0.1) is 12.5 Å². The van der Waals surface area contributed by atoms with E-state index in [1.54, 1.807) is 42.5 Å². The molecule has 0 spiro atoms. The van der Waals surface area contributed by atoms with E-state index in [2.05, 4.69) is 10.3 Å². The molecule has 1 unspecified atom stereocenters.